The molecule has 0 radical (unpaired) electrons. The average molecular weight is 314 g/mol. The molecule has 1 aromatic carbocycles. The van der Waals surface area contributed by atoms with E-state index in [1.54, 1.807) is 13.0 Å². The van der Waals surface area contributed by atoms with E-state index in [0.717, 1.165) is 0 Å². The molecule has 0 bridgehead atoms. The van der Waals surface area contributed by atoms with E-state index in [2.05, 4.69) is 15.9 Å². The number of hydrogen-bond donors (Lipinski definition) is 0. The molecule has 1 aromatic heterocycles. The largest absolute Gasteiger partial charge is 0.310 e. The summed E-state index contributed by atoms with van der Waals surface area (Å²) in [5.41, 5.74) is 0.138. The Morgan fingerprint density at radius 2 is 1.89 bits per heavy atom. The Kier molecular flexibility index (Phi) is 3.61. The van der Waals surface area contributed by atoms with Gasteiger partial charge in [0.2, 0.25) is 0 Å². The maximum absolute atomic E-state index is 13.5. The second kappa shape index (κ2) is 5.02. The van der Waals surface area contributed by atoms with Crippen LogP contribution in [0.5, 0.6) is 0 Å². The van der Waals surface area contributed by atoms with Gasteiger partial charge in [-0.1, -0.05) is 6.07 Å². The average Bonchev–Trinajstić information content (AvgIpc) is 2.30. The van der Waals surface area contributed by atoms with Crippen LogP contribution in [0, 0.1) is 18.6 Å². The van der Waals surface area contributed by atoms with Crippen molar-refractivity contribution >= 4 is 15.9 Å². The van der Waals surface area contributed by atoms with Gasteiger partial charge in [0.1, 0.15) is 11.6 Å². The van der Waals surface area contributed by atoms with E-state index in [1.807, 2.05) is 0 Å². The molecule has 0 saturated heterocycles. The summed E-state index contributed by atoms with van der Waals surface area (Å²) < 4.78 is 29.0. The third-order valence-corrected chi connectivity index (χ3v) is 3.06. The normalized spacial score (nSPS) is 10.7. The Hall–Kier alpha value is -1.49. The zero-order valence-electron chi connectivity index (χ0n) is 9.58. The van der Waals surface area contributed by atoms with E-state index >= 15 is 0 Å². The molecule has 0 aliphatic carbocycles. The number of halogens is 3. The van der Waals surface area contributed by atoms with Gasteiger partial charge in [-0.2, -0.15) is 0 Å². The Bertz CT molecular complexity index is 632. The van der Waals surface area contributed by atoms with Crippen LogP contribution in [-0.4, -0.2) is 4.57 Å². The van der Waals surface area contributed by atoms with Crippen molar-refractivity contribution in [2.24, 2.45) is 0 Å². The van der Waals surface area contributed by atoms with E-state index in [-0.39, 0.29) is 17.7 Å². The summed E-state index contributed by atoms with van der Waals surface area (Å²) in [6.07, 6.45) is 1.52. The van der Waals surface area contributed by atoms with Gasteiger partial charge in [0.25, 0.3) is 5.56 Å². The summed E-state index contributed by atoms with van der Waals surface area (Å²) in [6.45, 7) is 1.53. The molecule has 5 heteroatoms. The molecule has 0 fully saturated rings. The second-order valence-electron chi connectivity index (χ2n) is 3.97. The van der Waals surface area contributed by atoms with Crippen LogP contribution < -0.4 is 5.56 Å². The van der Waals surface area contributed by atoms with Crippen LogP contribution in [0.2, 0.25) is 0 Å². The van der Waals surface area contributed by atoms with Crippen molar-refractivity contribution in [3.05, 3.63) is 68.1 Å². The topological polar surface area (TPSA) is 22.0 Å². The van der Waals surface area contributed by atoms with Crippen LogP contribution in [0.3, 0.4) is 0 Å². The monoisotopic (exact) mass is 313 g/mol. The van der Waals surface area contributed by atoms with Crippen molar-refractivity contribution in [1.82, 2.24) is 4.57 Å². The summed E-state index contributed by atoms with van der Waals surface area (Å²) in [4.78, 5) is 11.8. The van der Waals surface area contributed by atoms with Crippen LogP contribution >= 0.6 is 15.9 Å². The van der Waals surface area contributed by atoms with Gasteiger partial charge in [0, 0.05) is 21.8 Å². The number of rotatable bonds is 2. The number of aromatic nitrogens is 1. The van der Waals surface area contributed by atoms with Crippen LogP contribution in [0.25, 0.3) is 0 Å². The summed E-state index contributed by atoms with van der Waals surface area (Å²) in [6, 6.07) is 5.31. The third kappa shape index (κ3) is 2.51. The summed E-state index contributed by atoms with van der Waals surface area (Å²) in [7, 11) is 0. The molecule has 18 heavy (non-hydrogen) atoms. The predicted octanol–water partition coefficient (Wildman–Crippen LogP) is 3.25. The smallest absolute Gasteiger partial charge is 0.253 e. The summed E-state index contributed by atoms with van der Waals surface area (Å²) in [5.74, 6) is -1.31. The molecule has 94 valence electrons. The minimum absolute atomic E-state index is 0.114. The highest BCUT2D eigenvalue weighted by Crippen LogP contribution is 2.14. The van der Waals surface area contributed by atoms with Gasteiger partial charge in [-0.15, -0.1) is 0 Å². The maximum atomic E-state index is 13.5. The highest BCUT2D eigenvalue weighted by atomic mass is 79.9. The van der Waals surface area contributed by atoms with Crippen LogP contribution in [-0.2, 0) is 6.54 Å². The standard InChI is InChI=1S/C13H10BrF2NO/c1-8-5-9(14)6-17(13(8)18)7-10-11(15)3-2-4-12(10)16/h2-6H,7H2,1H3. The first-order valence-electron chi connectivity index (χ1n) is 5.28. The fourth-order valence-electron chi connectivity index (χ4n) is 1.71. The van der Waals surface area contributed by atoms with E-state index in [4.69, 9.17) is 0 Å². The van der Waals surface area contributed by atoms with Crippen LogP contribution in [0.4, 0.5) is 8.78 Å². The van der Waals surface area contributed by atoms with E-state index in [9.17, 15) is 13.6 Å². The van der Waals surface area contributed by atoms with Gasteiger partial charge in [-0.3, -0.25) is 4.79 Å². The molecule has 2 nitrogen and oxygen atoms in total. The molecule has 2 aromatic rings. The van der Waals surface area contributed by atoms with Gasteiger partial charge in [-0.05, 0) is 41.1 Å². The molecule has 2 rings (SSSR count). The van der Waals surface area contributed by atoms with E-state index in [0.29, 0.717) is 10.0 Å². The molecule has 0 N–H and O–H groups in total. The first kappa shape index (κ1) is 13.0. The molecule has 0 amide bonds. The number of benzene rings is 1. The van der Waals surface area contributed by atoms with Crippen molar-refractivity contribution in [2.45, 2.75) is 13.5 Å². The number of aryl methyl sites for hydroxylation is 1. The fraction of sp³-hybridized carbons (Fsp3) is 0.154. The maximum Gasteiger partial charge on any atom is 0.253 e. The summed E-state index contributed by atoms with van der Waals surface area (Å²) >= 11 is 3.25. The van der Waals surface area contributed by atoms with Gasteiger partial charge in [0.05, 0.1) is 6.54 Å². The lowest BCUT2D eigenvalue weighted by Crippen LogP contribution is -2.23. The molecular formula is C13H10BrF2NO. The van der Waals surface area contributed by atoms with Crippen molar-refractivity contribution in [2.75, 3.05) is 0 Å². The quantitative estimate of drug-likeness (QED) is 0.834. The predicted molar refractivity (Wildman–Crippen MR) is 68.6 cm³/mol. The van der Waals surface area contributed by atoms with Crippen molar-refractivity contribution in [1.29, 1.82) is 0 Å². The molecular weight excluding hydrogens is 304 g/mol. The minimum atomic E-state index is -0.653. The Morgan fingerprint density at radius 3 is 2.50 bits per heavy atom. The molecule has 1 heterocycles. The number of pyridine rings is 1. The van der Waals surface area contributed by atoms with Gasteiger partial charge in [0.15, 0.2) is 0 Å². The first-order valence-corrected chi connectivity index (χ1v) is 6.08. The van der Waals surface area contributed by atoms with Gasteiger partial charge >= 0.3 is 0 Å². The molecule has 0 spiro atoms. The molecule has 0 aliphatic heterocycles. The lowest BCUT2D eigenvalue weighted by molar-refractivity contribution is 0.541. The number of hydrogen-bond acceptors (Lipinski definition) is 1. The van der Waals surface area contributed by atoms with Gasteiger partial charge < -0.3 is 4.57 Å². The number of nitrogens with zero attached hydrogens (tertiary/aromatic N) is 1. The third-order valence-electron chi connectivity index (χ3n) is 2.62. The lowest BCUT2D eigenvalue weighted by Gasteiger charge is -2.09. The molecule has 0 unspecified atom stereocenters. The van der Waals surface area contributed by atoms with Crippen molar-refractivity contribution in [3.8, 4) is 0 Å². The van der Waals surface area contributed by atoms with Crippen molar-refractivity contribution < 1.29 is 8.78 Å². The SMILES string of the molecule is Cc1cc(Br)cn(Cc2c(F)cccc2F)c1=O. The summed E-state index contributed by atoms with van der Waals surface area (Å²) in [5, 5.41) is 0. The van der Waals surface area contributed by atoms with E-state index in [1.165, 1.54) is 29.0 Å². The van der Waals surface area contributed by atoms with Crippen molar-refractivity contribution in [3.63, 3.8) is 0 Å². The zero-order chi connectivity index (χ0) is 13.3. The Balaban J connectivity index is 2.50. The molecule has 0 atom stereocenters. The Morgan fingerprint density at radius 1 is 1.28 bits per heavy atom. The Labute approximate surface area is 111 Å². The molecule has 0 aliphatic rings. The highest BCUT2D eigenvalue weighted by Gasteiger charge is 2.10. The lowest BCUT2D eigenvalue weighted by atomic mass is 10.2. The highest BCUT2D eigenvalue weighted by molar-refractivity contribution is 9.10. The zero-order valence-corrected chi connectivity index (χ0v) is 11.2. The first-order chi connectivity index (χ1) is 8.49. The minimum Gasteiger partial charge on any atom is -0.310 e. The second-order valence-corrected chi connectivity index (χ2v) is 4.89. The molecule has 0 saturated carbocycles. The van der Waals surface area contributed by atoms with Gasteiger partial charge in [-0.25, -0.2) is 8.78 Å². The van der Waals surface area contributed by atoms with Crippen LogP contribution in [0.1, 0.15) is 11.1 Å². The van der Waals surface area contributed by atoms with E-state index < -0.39 is 11.6 Å². The fourth-order valence-corrected chi connectivity index (χ4v) is 2.30. The van der Waals surface area contributed by atoms with Crippen LogP contribution in [0.15, 0.2) is 39.7 Å².